The quantitative estimate of drug-likeness (QED) is 0.692. The smallest absolute Gasteiger partial charge is 0.138 e. The van der Waals surface area contributed by atoms with E-state index in [0.29, 0.717) is 30.3 Å². The molecule has 1 aliphatic heterocycles. The molecule has 152 valence electrons. The normalized spacial score (nSPS) is 13.6. The van der Waals surface area contributed by atoms with Gasteiger partial charge in [0.2, 0.25) is 0 Å². The Morgan fingerprint density at radius 3 is 2.67 bits per heavy atom. The van der Waals surface area contributed by atoms with E-state index in [1.54, 1.807) is 18.3 Å². The predicted octanol–water partition coefficient (Wildman–Crippen LogP) is 3.99. The van der Waals surface area contributed by atoms with Gasteiger partial charge >= 0.3 is 0 Å². The number of morpholine rings is 1. The summed E-state index contributed by atoms with van der Waals surface area (Å²) in [6.45, 7) is 4.92. The molecule has 30 heavy (non-hydrogen) atoms. The molecule has 0 radical (unpaired) electrons. The van der Waals surface area contributed by atoms with E-state index in [9.17, 15) is 5.26 Å². The zero-order chi connectivity index (χ0) is 20.9. The molecule has 7 nitrogen and oxygen atoms in total. The van der Waals surface area contributed by atoms with Crippen LogP contribution in [-0.4, -0.2) is 43.3 Å². The number of hydrogen-bond donors (Lipinski definition) is 1. The Morgan fingerprint density at radius 1 is 1.13 bits per heavy atom. The molecule has 1 aliphatic rings. The number of benzene rings is 1. The third kappa shape index (κ3) is 4.34. The summed E-state index contributed by atoms with van der Waals surface area (Å²) >= 11 is 0. The number of anilines is 2. The van der Waals surface area contributed by atoms with Gasteiger partial charge in [-0.05, 0) is 37.3 Å². The highest BCUT2D eigenvalue weighted by Crippen LogP contribution is 2.35. The molecule has 7 heteroatoms. The predicted molar refractivity (Wildman–Crippen MR) is 116 cm³/mol. The summed E-state index contributed by atoms with van der Waals surface area (Å²) in [7, 11) is 1.85. The van der Waals surface area contributed by atoms with Crippen LogP contribution in [-0.2, 0) is 4.74 Å². The van der Waals surface area contributed by atoms with Crippen molar-refractivity contribution in [3.63, 3.8) is 0 Å². The number of ether oxygens (including phenoxy) is 2. The van der Waals surface area contributed by atoms with Crippen molar-refractivity contribution in [2.75, 3.05) is 43.6 Å². The van der Waals surface area contributed by atoms with Gasteiger partial charge in [-0.3, -0.25) is 4.98 Å². The first-order chi connectivity index (χ1) is 14.7. The summed E-state index contributed by atoms with van der Waals surface area (Å²) in [5, 5.41) is 12.4. The van der Waals surface area contributed by atoms with Crippen LogP contribution >= 0.6 is 0 Å². The molecule has 3 aromatic rings. The van der Waals surface area contributed by atoms with Crippen molar-refractivity contribution in [1.29, 1.82) is 5.26 Å². The van der Waals surface area contributed by atoms with E-state index in [0.717, 1.165) is 41.5 Å². The van der Waals surface area contributed by atoms with Crippen LogP contribution in [0.4, 0.5) is 11.5 Å². The van der Waals surface area contributed by atoms with Gasteiger partial charge in [-0.15, -0.1) is 0 Å². The highest BCUT2D eigenvalue weighted by molar-refractivity contribution is 5.70. The van der Waals surface area contributed by atoms with Crippen LogP contribution < -0.4 is 15.0 Å². The zero-order valence-electron chi connectivity index (χ0n) is 17.1. The lowest BCUT2D eigenvalue weighted by Gasteiger charge is -2.28. The molecule has 0 aliphatic carbocycles. The maximum absolute atomic E-state index is 9.36. The van der Waals surface area contributed by atoms with Gasteiger partial charge in [0, 0.05) is 43.5 Å². The van der Waals surface area contributed by atoms with Crippen LogP contribution in [0.15, 0.2) is 48.7 Å². The fourth-order valence-corrected chi connectivity index (χ4v) is 3.35. The number of aryl methyl sites for hydroxylation is 1. The van der Waals surface area contributed by atoms with Gasteiger partial charge in [0.05, 0.1) is 42.4 Å². The lowest BCUT2D eigenvalue weighted by molar-refractivity contribution is 0.122. The van der Waals surface area contributed by atoms with Gasteiger partial charge in [-0.2, -0.15) is 5.26 Å². The first-order valence-electron chi connectivity index (χ1n) is 9.84. The second-order valence-electron chi connectivity index (χ2n) is 7.01. The summed E-state index contributed by atoms with van der Waals surface area (Å²) in [5.74, 6) is 2.12. The van der Waals surface area contributed by atoms with E-state index in [2.05, 4.69) is 26.3 Å². The van der Waals surface area contributed by atoms with Crippen LogP contribution in [0.1, 0.15) is 11.3 Å². The van der Waals surface area contributed by atoms with E-state index in [4.69, 9.17) is 9.47 Å². The highest BCUT2D eigenvalue weighted by Gasteiger charge is 2.16. The molecule has 3 heterocycles. The standard InChI is InChI=1S/C23H23N5O2/c1-16-11-19(13-23(27-16)28-7-9-29-10-8-28)30-22-12-17(14-24)3-5-20(22)21-6-4-18(25-2)15-26-21/h3-6,11-13,15,25H,7-10H2,1-2H3. The summed E-state index contributed by atoms with van der Waals surface area (Å²) in [6.07, 6.45) is 1.77. The largest absolute Gasteiger partial charge is 0.456 e. The Hall–Kier alpha value is -3.63. The third-order valence-corrected chi connectivity index (χ3v) is 4.92. The minimum absolute atomic E-state index is 0.528. The molecule has 1 saturated heterocycles. The molecule has 1 N–H and O–H groups in total. The van der Waals surface area contributed by atoms with Gasteiger partial charge in [-0.25, -0.2) is 4.98 Å². The minimum Gasteiger partial charge on any atom is -0.456 e. The highest BCUT2D eigenvalue weighted by atomic mass is 16.5. The van der Waals surface area contributed by atoms with E-state index >= 15 is 0 Å². The van der Waals surface area contributed by atoms with Crippen molar-refractivity contribution < 1.29 is 9.47 Å². The maximum Gasteiger partial charge on any atom is 0.138 e. The number of nitrogens with zero attached hydrogens (tertiary/aromatic N) is 4. The summed E-state index contributed by atoms with van der Waals surface area (Å²) in [6, 6.07) is 15.3. The molecule has 0 spiro atoms. The zero-order valence-corrected chi connectivity index (χ0v) is 17.1. The van der Waals surface area contributed by atoms with Gasteiger partial charge in [-0.1, -0.05) is 0 Å². The molecule has 0 bridgehead atoms. The van der Waals surface area contributed by atoms with Gasteiger partial charge in [0.15, 0.2) is 0 Å². The fraction of sp³-hybridized carbons (Fsp3) is 0.261. The third-order valence-electron chi connectivity index (χ3n) is 4.92. The Bertz CT molecular complexity index is 1070. The summed E-state index contributed by atoms with van der Waals surface area (Å²) < 4.78 is 11.7. The van der Waals surface area contributed by atoms with E-state index < -0.39 is 0 Å². The minimum atomic E-state index is 0.528. The molecule has 0 unspecified atom stereocenters. The fourth-order valence-electron chi connectivity index (χ4n) is 3.35. The molecule has 1 aromatic carbocycles. The van der Waals surface area contributed by atoms with Crippen molar-refractivity contribution in [2.24, 2.45) is 0 Å². The summed E-state index contributed by atoms with van der Waals surface area (Å²) in [5.41, 5.74) is 3.91. The van der Waals surface area contributed by atoms with E-state index in [-0.39, 0.29) is 0 Å². The van der Waals surface area contributed by atoms with Crippen LogP contribution in [0.5, 0.6) is 11.5 Å². The van der Waals surface area contributed by atoms with Crippen molar-refractivity contribution in [3.05, 3.63) is 59.9 Å². The van der Waals surface area contributed by atoms with Crippen molar-refractivity contribution >= 4 is 11.5 Å². The SMILES string of the molecule is CNc1ccc(-c2ccc(C#N)cc2Oc2cc(C)nc(N3CCOCC3)c2)nc1. The molecule has 2 aromatic heterocycles. The van der Waals surface area contributed by atoms with Gasteiger partial charge < -0.3 is 19.7 Å². The van der Waals surface area contributed by atoms with Crippen LogP contribution in [0.3, 0.4) is 0 Å². The first-order valence-corrected chi connectivity index (χ1v) is 9.84. The lowest BCUT2D eigenvalue weighted by Crippen LogP contribution is -2.36. The molecule has 1 fully saturated rings. The second-order valence-corrected chi connectivity index (χ2v) is 7.01. The van der Waals surface area contributed by atoms with Crippen LogP contribution in [0.2, 0.25) is 0 Å². The molecular weight excluding hydrogens is 378 g/mol. The van der Waals surface area contributed by atoms with Crippen LogP contribution in [0, 0.1) is 18.3 Å². The van der Waals surface area contributed by atoms with Crippen molar-refractivity contribution in [3.8, 4) is 28.8 Å². The van der Waals surface area contributed by atoms with E-state index in [1.807, 2.05) is 44.3 Å². The number of nitrogens with one attached hydrogen (secondary N) is 1. The average Bonchev–Trinajstić information content (AvgIpc) is 2.79. The average molecular weight is 401 g/mol. The van der Waals surface area contributed by atoms with Gasteiger partial charge in [0.25, 0.3) is 0 Å². The van der Waals surface area contributed by atoms with Crippen molar-refractivity contribution in [1.82, 2.24) is 9.97 Å². The Labute approximate surface area is 175 Å². The Balaban J connectivity index is 1.69. The summed E-state index contributed by atoms with van der Waals surface area (Å²) in [4.78, 5) is 11.4. The number of aromatic nitrogens is 2. The molecule has 0 saturated carbocycles. The monoisotopic (exact) mass is 401 g/mol. The lowest BCUT2D eigenvalue weighted by atomic mass is 10.1. The van der Waals surface area contributed by atoms with Crippen LogP contribution in [0.25, 0.3) is 11.3 Å². The number of pyridine rings is 2. The second kappa shape index (κ2) is 8.80. The van der Waals surface area contributed by atoms with Gasteiger partial charge in [0.1, 0.15) is 17.3 Å². The Kier molecular flexibility index (Phi) is 5.77. The molecular formula is C23H23N5O2. The van der Waals surface area contributed by atoms with E-state index in [1.165, 1.54) is 0 Å². The van der Waals surface area contributed by atoms with Crippen molar-refractivity contribution in [2.45, 2.75) is 6.92 Å². The molecule has 4 rings (SSSR count). The number of nitriles is 1. The first kappa shape index (κ1) is 19.7. The maximum atomic E-state index is 9.36. The molecule has 0 atom stereocenters. The Morgan fingerprint density at radius 2 is 1.97 bits per heavy atom. The number of rotatable bonds is 5. The number of hydrogen-bond acceptors (Lipinski definition) is 7. The topological polar surface area (TPSA) is 83.3 Å². The molecule has 0 amide bonds.